The summed E-state index contributed by atoms with van der Waals surface area (Å²) in [6.07, 6.45) is 0.851. The molecule has 4 rings (SSSR count). The van der Waals surface area contributed by atoms with Gasteiger partial charge in [-0.05, 0) is 42.3 Å². The number of rotatable bonds is 7. The van der Waals surface area contributed by atoms with Crippen LogP contribution in [0.5, 0.6) is 5.75 Å². The number of ether oxygens (including phenoxy) is 1. The number of nitrogens with zero attached hydrogens (tertiary/aromatic N) is 3. The van der Waals surface area contributed by atoms with E-state index in [-0.39, 0.29) is 17.9 Å². The summed E-state index contributed by atoms with van der Waals surface area (Å²) in [4.78, 5) is 27.4. The maximum absolute atomic E-state index is 14.4. The first-order valence-corrected chi connectivity index (χ1v) is 11.2. The summed E-state index contributed by atoms with van der Waals surface area (Å²) < 4.78 is 21.6. The molecule has 0 saturated heterocycles. The van der Waals surface area contributed by atoms with Gasteiger partial charge in [0.05, 0.1) is 6.61 Å². The molecule has 0 spiro atoms. The number of aryl methyl sites for hydroxylation is 1. The predicted octanol–water partition coefficient (Wildman–Crippen LogP) is 4.89. The summed E-state index contributed by atoms with van der Waals surface area (Å²) in [7, 11) is 1.61. The fourth-order valence-electron chi connectivity index (χ4n) is 3.88. The van der Waals surface area contributed by atoms with Crippen LogP contribution >= 0.6 is 0 Å². The van der Waals surface area contributed by atoms with Crippen LogP contribution in [0, 0.1) is 12.7 Å². The van der Waals surface area contributed by atoms with Crippen LogP contribution in [0.4, 0.5) is 4.39 Å². The average molecular weight is 460 g/mol. The monoisotopic (exact) mass is 459 g/mol. The number of hydrogen-bond acceptors (Lipinski definition) is 4. The van der Waals surface area contributed by atoms with E-state index >= 15 is 0 Å². The van der Waals surface area contributed by atoms with Crippen molar-refractivity contribution < 1.29 is 13.9 Å². The Morgan fingerprint density at radius 2 is 1.82 bits per heavy atom. The van der Waals surface area contributed by atoms with Crippen molar-refractivity contribution in [2.75, 3.05) is 13.7 Å². The van der Waals surface area contributed by atoms with Crippen molar-refractivity contribution in [3.8, 4) is 11.4 Å². The second kappa shape index (κ2) is 9.87. The quantitative estimate of drug-likeness (QED) is 0.395. The lowest BCUT2D eigenvalue weighted by molar-refractivity contribution is 0.0775. The topological polar surface area (TPSA) is 64.4 Å². The molecule has 0 N–H and O–H groups in total. The number of carbonyl (C=O) groups is 1. The van der Waals surface area contributed by atoms with E-state index in [9.17, 15) is 14.0 Å². The van der Waals surface area contributed by atoms with Crippen molar-refractivity contribution in [2.45, 2.75) is 26.8 Å². The summed E-state index contributed by atoms with van der Waals surface area (Å²) >= 11 is 0. The predicted molar refractivity (Wildman–Crippen MR) is 130 cm³/mol. The molecule has 0 atom stereocenters. The lowest BCUT2D eigenvalue weighted by Crippen LogP contribution is -2.33. The highest BCUT2D eigenvalue weighted by atomic mass is 19.1. The Labute approximate surface area is 197 Å². The Morgan fingerprint density at radius 1 is 1.09 bits per heavy atom. The molecular weight excluding hydrogens is 433 g/mol. The zero-order valence-electron chi connectivity index (χ0n) is 19.4. The fraction of sp³-hybridized carbons (Fsp3) is 0.222. The van der Waals surface area contributed by atoms with Gasteiger partial charge in [-0.3, -0.25) is 9.59 Å². The SMILES string of the molecule is CCCOc1ccc2ccccc2c1CN(C)C(=O)c1nn(-c2ccccc2F)c(C)cc1=O. The average Bonchev–Trinajstić information content (AvgIpc) is 2.84. The fourth-order valence-corrected chi connectivity index (χ4v) is 3.88. The first-order valence-electron chi connectivity index (χ1n) is 11.2. The van der Waals surface area contributed by atoms with Crippen LogP contribution in [0.15, 0.2) is 71.5 Å². The molecular formula is C27H26FN3O3. The molecule has 0 unspecified atom stereocenters. The van der Waals surface area contributed by atoms with Gasteiger partial charge >= 0.3 is 0 Å². The molecule has 0 bridgehead atoms. The highest BCUT2D eigenvalue weighted by Crippen LogP contribution is 2.29. The van der Waals surface area contributed by atoms with Crippen LogP contribution in [-0.2, 0) is 6.54 Å². The Morgan fingerprint density at radius 3 is 2.59 bits per heavy atom. The molecule has 0 fully saturated rings. The summed E-state index contributed by atoms with van der Waals surface area (Å²) in [6, 6.07) is 19.2. The van der Waals surface area contributed by atoms with Crippen molar-refractivity contribution in [1.29, 1.82) is 0 Å². The van der Waals surface area contributed by atoms with Gasteiger partial charge in [0.25, 0.3) is 5.91 Å². The second-order valence-corrected chi connectivity index (χ2v) is 8.13. The number of amides is 1. The molecule has 6 nitrogen and oxygen atoms in total. The number of carbonyl (C=O) groups excluding carboxylic acids is 1. The third-order valence-corrected chi connectivity index (χ3v) is 5.59. The molecule has 0 saturated carbocycles. The van der Waals surface area contributed by atoms with Crippen molar-refractivity contribution in [3.05, 3.63) is 99.7 Å². The number of fused-ring (bicyclic) bond motifs is 1. The maximum Gasteiger partial charge on any atom is 0.278 e. The minimum atomic E-state index is -0.551. The highest BCUT2D eigenvalue weighted by molar-refractivity contribution is 5.93. The first kappa shape index (κ1) is 23.2. The van der Waals surface area contributed by atoms with Crippen LogP contribution < -0.4 is 10.2 Å². The third kappa shape index (κ3) is 4.55. The number of benzene rings is 3. The first-order chi connectivity index (χ1) is 16.4. The van der Waals surface area contributed by atoms with Gasteiger partial charge in [0.15, 0.2) is 5.69 Å². The standard InChI is InChI=1S/C27H26FN3O3/c1-4-15-34-25-14-13-19-9-5-6-10-20(19)21(25)17-30(3)27(33)26-24(32)16-18(2)31(29-26)23-12-8-7-11-22(23)28/h5-14,16H,4,15,17H2,1-3H3. The molecule has 1 heterocycles. The van der Waals surface area contributed by atoms with Gasteiger partial charge in [0, 0.05) is 30.9 Å². The van der Waals surface area contributed by atoms with Crippen LogP contribution in [0.25, 0.3) is 16.5 Å². The van der Waals surface area contributed by atoms with Crippen LogP contribution in [0.3, 0.4) is 0 Å². The van der Waals surface area contributed by atoms with Crippen molar-refractivity contribution >= 4 is 16.7 Å². The van der Waals surface area contributed by atoms with Crippen molar-refractivity contribution in [3.63, 3.8) is 0 Å². The van der Waals surface area contributed by atoms with Crippen molar-refractivity contribution in [1.82, 2.24) is 14.7 Å². The number of hydrogen-bond donors (Lipinski definition) is 0. The summed E-state index contributed by atoms with van der Waals surface area (Å²) in [6.45, 7) is 4.44. The smallest absolute Gasteiger partial charge is 0.278 e. The van der Waals surface area contributed by atoms with Crippen LogP contribution in [0.1, 0.15) is 35.1 Å². The van der Waals surface area contributed by atoms with E-state index in [1.165, 1.54) is 21.7 Å². The normalized spacial score (nSPS) is 10.9. The van der Waals surface area contributed by atoms with E-state index in [0.717, 1.165) is 22.8 Å². The number of para-hydroxylation sites is 1. The van der Waals surface area contributed by atoms with Gasteiger partial charge in [0.1, 0.15) is 17.3 Å². The van der Waals surface area contributed by atoms with E-state index in [4.69, 9.17) is 4.74 Å². The number of aromatic nitrogens is 2. The van der Waals surface area contributed by atoms with E-state index in [1.54, 1.807) is 32.2 Å². The van der Waals surface area contributed by atoms with Gasteiger partial charge in [0.2, 0.25) is 5.43 Å². The minimum absolute atomic E-state index is 0.168. The van der Waals surface area contributed by atoms with Gasteiger partial charge in [-0.2, -0.15) is 5.10 Å². The lowest BCUT2D eigenvalue weighted by atomic mass is 10.0. The molecule has 0 radical (unpaired) electrons. The maximum atomic E-state index is 14.4. The van der Waals surface area contributed by atoms with Crippen molar-refractivity contribution in [2.24, 2.45) is 0 Å². The zero-order chi connectivity index (χ0) is 24.2. The van der Waals surface area contributed by atoms with Gasteiger partial charge in [-0.1, -0.05) is 49.4 Å². The minimum Gasteiger partial charge on any atom is -0.493 e. The second-order valence-electron chi connectivity index (χ2n) is 8.13. The molecule has 3 aromatic carbocycles. The lowest BCUT2D eigenvalue weighted by Gasteiger charge is -2.21. The van der Waals surface area contributed by atoms with Gasteiger partial charge < -0.3 is 9.64 Å². The molecule has 0 aliphatic rings. The largest absolute Gasteiger partial charge is 0.493 e. The van der Waals surface area contributed by atoms with E-state index in [0.29, 0.717) is 18.1 Å². The molecule has 7 heteroatoms. The molecule has 0 aliphatic heterocycles. The molecule has 0 aliphatic carbocycles. The number of halogens is 1. The molecule has 1 amide bonds. The Balaban J connectivity index is 1.72. The van der Waals surface area contributed by atoms with E-state index in [2.05, 4.69) is 5.10 Å². The zero-order valence-corrected chi connectivity index (χ0v) is 19.4. The summed E-state index contributed by atoms with van der Waals surface area (Å²) in [5, 5.41) is 6.24. The molecule has 4 aromatic rings. The molecule has 34 heavy (non-hydrogen) atoms. The molecule has 174 valence electrons. The summed E-state index contributed by atoms with van der Waals surface area (Å²) in [5.41, 5.74) is 0.665. The Hall–Kier alpha value is -4.00. The van der Waals surface area contributed by atoms with E-state index in [1.807, 2.05) is 43.3 Å². The van der Waals surface area contributed by atoms with Crippen LogP contribution in [-0.4, -0.2) is 34.2 Å². The van der Waals surface area contributed by atoms with E-state index < -0.39 is 17.2 Å². The van der Waals surface area contributed by atoms with Crippen LogP contribution in [0.2, 0.25) is 0 Å². The Bertz CT molecular complexity index is 1410. The van der Waals surface area contributed by atoms with Gasteiger partial charge in [-0.15, -0.1) is 0 Å². The Kier molecular flexibility index (Phi) is 6.72. The highest BCUT2D eigenvalue weighted by Gasteiger charge is 2.22. The van der Waals surface area contributed by atoms with Gasteiger partial charge in [-0.25, -0.2) is 9.07 Å². The summed E-state index contributed by atoms with van der Waals surface area (Å²) in [5.74, 6) is -0.354. The third-order valence-electron chi connectivity index (χ3n) is 5.59. The molecule has 1 aromatic heterocycles.